The molecule has 0 amide bonds. The topological polar surface area (TPSA) is 59.1 Å². The quantitative estimate of drug-likeness (QED) is 0.844. The zero-order valence-corrected chi connectivity index (χ0v) is 12.1. The maximum absolute atomic E-state index is 5.20. The van der Waals surface area contributed by atoms with Gasteiger partial charge in [0.1, 0.15) is 11.6 Å². The van der Waals surface area contributed by atoms with Crippen LogP contribution in [0.1, 0.15) is 18.9 Å². The van der Waals surface area contributed by atoms with E-state index in [0.29, 0.717) is 5.95 Å². The van der Waals surface area contributed by atoms with Gasteiger partial charge in [-0.25, -0.2) is 4.98 Å². The third-order valence-corrected chi connectivity index (χ3v) is 2.89. The third-order valence-electron chi connectivity index (χ3n) is 2.89. The molecule has 2 aromatic rings. The molecule has 0 atom stereocenters. The Kier molecular flexibility index (Phi) is 4.76. The summed E-state index contributed by atoms with van der Waals surface area (Å²) >= 11 is 0. The van der Waals surface area contributed by atoms with Crippen LogP contribution in [-0.2, 0) is 0 Å². The van der Waals surface area contributed by atoms with Gasteiger partial charge in [0.15, 0.2) is 0 Å². The molecule has 2 N–H and O–H groups in total. The van der Waals surface area contributed by atoms with E-state index in [4.69, 9.17) is 4.74 Å². The second kappa shape index (κ2) is 6.75. The number of anilines is 3. The molecule has 0 aliphatic heterocycles. The second-order valence-corrected chi connectivity index (χ2v) is 4.50. The highest BCUT2D eigenvalue weighted by molar-refractivity contribution is 5.62. The summed E-state index contributed by atoms with van der Waals surface area (Å²) in [5.74, 6) is 2.26. The van der Waals surface area contributed by atoms with Gasteiger partial charge in [-0.05, 0) is 43.2 Å². The van der Waals surface area contributed by atoms with Crippen LogP contribution in [0, 0.1) is 6.92 Å². The average molecular weight is 272 g/mol. The fraction of sp³-hybridized carbons (Fsp3) is 0.333. The predicted octanol–water partition coefficient (Wildman–Crippen LogP) is 3.36. The van der Waals surface area contributed by atoms with Crippen LogP contribution >= 0.6 is 0 Å². The molecule has 106 valence electrons. The highest BCUT2D eigenvalue weighted by Gasteiger charge is 2.03. The van der Waals surface area contributed by atoms with Gasteiger partial charge >= 0.3 is 0 Å². The maximum atomic E-state index is 5.20. The van der Waals surface area contributed by atoms with Crippen LogP contribution in [0.2, 0.25) is 0 Å². The van der Waals surface area contributed by atoms with Gasteiger partial charge in [0.05, 0.1) is 7.11 Å². The molecule has 5 heteroatoms. The standard InChI is InChI=1S/C15H20N4O/c1-4-8-16-15-17-9-7-14(19-15)18-13-6-5-12(20-3)10-11(13)2/h5-7,9-10H,4,8H2,1-3H3,(H2,16,17,18,19). The van der Waals surface area contributed by atoms with Crippen molar-refractivity contribution in [3.05, 3.63) is 36.0 Å². The van der Waals surface area contributed by atoms with Crippen LogP contribution in [0.3, 0.4) is 0 Å². The number of benzene rings is 1. The van der Waals surface area contributed by atoms with E-state index in [1.807, 2.05) is 31.2 Å². The third kappa shape index (κ3) is 3.60. The van der Waals surface area contributed by atoms with Crippen LogP contribution in [0.5, 0.6) is 5.75 Å². The van der Waals surface area contributed by atoms with Gasteiger partial charge in [0.2, 0.25) is 5.95 Å². The molecule has 0 saturated carbocycles. The van der Waals surface area contributed by atoms with Crippen LogP contribution in [-0.4, -0.2) is 23.6 Å². The number of nitrogens with one attached hydrogen (secondary N) is 2. The lowest BCUT2D eigenvalue weighted by molar-refractivity contribution is 0.414. The molecular weight excluding hydrogens is 252 g/mol. The minimum Gasteiger partial charge on any atom is -0.497 e. The summed E-state index contributed by atoms with van der Waals surface area (Å²) < 4.78 is 5.20. The summed E-state index contributed by atoms with van der Waals surface area (Å²) in [5, 5.41) is 6.46. The molecular formula is C15H20N4O. The van der Waals surface area contributed by atoms with E-state index in [2.05, 4.69) is 27.5 Å². The van der Waals surface area contributed by atoms with Gasteiger partial charge in [0.25, 0.3) is 0 Å². The Morgan fingerprint density at radius 1 is 1.25 bits per heavy atom. The molecule has 5 nitrogen and oxygen atoms in total. The molecule has 0 aliphatic carbocycles. The summed E-state index contributed by atoms with van der Waals surface area (Å²) in [5.41, 5.74) is 2.11. The van der Waals surface area contributed by atoms with Gasteiger partial charge in [-0.3, -0.25) is 0 Å². The van der Waals surface area contributed by atoms with Crippen LogP contribution in [0.15, 0.2) is 30.5 Å². The van der Waals surface area contributed by atoms with E-state index >= 15 is 0 Å². The van der Waals surface area contributed by atoms with E-state index < -0.39 is 0 Å². The molecule has 0 aliphatic rings. The van der Waals surface area contributed by atoms with Crippen LogP contribution < -0.4 is 15.4 Å². The van der Waals surface area contributed by atoms with E-state index in [-0.39, 0.29) is 0 Å². The van der Waals surface area contributed by atoms with Crippen molar-refractivity contribution < 1.29 is 4.74 Å². The smallest absolute Gasteiger partial charge is 0.224 e. The Bertz CT molecular complexity index is 572. The van der Waals surface area contributed by atoms with Gasteiger partial charge in [-0.15, -0.1) is 0 Å². The van der Waals surface area contributed by atoms with E-state index in [0.717, 1.165) is 35.8 Å². The minimum absolute atomic E-state index is 0.642. The number of rotatable bonds is 6. The first-order chi connectivity index (χ1) is 9.72. The largest absolute Gasteiger partial charge is 0.497 e. The molecule has 0 saturated heterocycles. The monoisotopic (exact) mass is 272 g/mol. The molecule has 1 aromatic carbocycles. The summed E-state index contributed by atoms with van der Waals surface area (Å²) in [4.78, 5) is 8.61. The highest BCUT2D eigenvalue weighted by atomic mass is 16.5. The molecule has 0 bridgehead atoms. The maximum Gasteiger partial charge on any atom is 0.224 e. The van der Waals surface area contributed by atoms with Crippen molar-refractivity contribution in [2.24, 2.45) is 0 Å². The number of aromatic nitrogens is 2. The summed E-state index contributed by atoms with van der Waals surface area (Å²) in [7, 11) is 1.66. The van der Waals surface area contributed by atoms with Crippen molar-refractivity contribution in [2.75, 3.05) is 24.3 Å². The van der Waals surface area contributed by atoms with Gasteiger partial charge in [0, 0.05) is 18.4 Å². The zero-order valence-electron chi connectivity index (χ0n) is 12.1. The first-order valence-corrected chi connectivity index (χ1v) is 6.71. The Hall–Kier alpha value is -2.30. The molecule has 0 fully saturated rings. The van der Waals surface area contributed by atoms with Crippen molar-refractivity contribution in [3.8, 4) is 5.75 Å². The van der Waals surface area contributed by atoms with Crippen molar-refractivity contribution >= 4 is 17.5 Å². The first kappa shape index (κ1) is 14.1. The number of methoxy groups -OCH3 is 1. The molecule has 0 unspecified atom stereocenters. The highest BCUT2D eigenvalue weighted by Crippen LogP contribution is 2.23. The lowest BCUT2D eigenvalue weighted by Gasteiger charge is -2.11. The first-order valence-electron chi connectivity index (χ1n) is 6.71. The molecule has 1 heterocycles. The van der Waals surface area contributed by atoms with Gasteiger partial charge < -0.3 is 15.4 Å². The van der Waals surface area contributed by atoms with E-state index in [9.17, 15) is 0 Å². The lowest BCUT2D eigenvalue weighted by atomic mass is 10.2. The average Bonchev–Trinajstić information content (AvgIpc) is 2.47. The molecule has 20 heavy (non-hydrogen) atoms. The van der Waals surface area contributed by atoms with Crippen molar-refractivity contribution in [1.29, 1.82) is 0 Å². The zero-order chi connectivity index (χ0) is 14.4. The Morgan fingerprint density at radius 3 is 2.80 bits per heavy atom. The Labute approximate surface area is 119 Å². The number of aryl methyl sites for hydroxylation is 1. The van der Waals surface area contributed by atoms with Gasteiger partial charge in [-0.1, -0.05) is 6.92 Å². The molecule has 0 spiro atoms. The predicted molar refractivity (Wildman–Crippen MR) is 81.8 cm³/mol. The van der Waals surface area contributed by atoms with Gasteiger partial charge in [-0.2, -0.15) is 4.98 Å². The minimum atomic E-state index is 0.642. The molecule has 0 radical (unpaired) electrons. The fourth-order valence-electron chi connectivity index (χ4n) is 1.79. The number of hydrogen-bond acceptors (Lipinski definition) is 5. The van der Waals surface area contributed by atoms with E-state index in [1.165, 1.54) is 0 Å². The Morgan fingerprint density at radius 2 is 2.10 bits per heavy atom. The SMILES string of the molecule is CCCNc1nccc(Nc2ccc(OC)cc2C)n1. The van der Waals surface area contributed by atoms with Crippen LogP contribution in [0.25, 0.3) is 0 Å². The number of ether oxygens (including phenoxy) is 1. The number of hydrogen-bond donors (Lipinski definition) is 2. The van der Waals surface area contributed by atoms with Crippen molar-refractivity contribution in [3.63, 3.8) is 0 Å². The molecule has 1 aromatic heterocycles. The van der Waals surface area contributed by atoms with Crippen molar-refractivity contribution in [1.82, 2.24) is 9.97 Å². The van der Waals surface area contributed by atoms with Crippen molar-refractivity contribution in [2.45, 2.75) is 20.3 Å². The Balaban J connectivity index is 2.13. The second-order valence-electron chi connectivity index (χ2n) is 4.50. The lowest BCUT2D eigenvalue weighted by Crippen LogP contribution is -2.05. The number of nitrogens with zero attached hydrogens (tertiary/aromatic N) is 2. The summed E-state index contributed by atoms with van der Waals surface area (Å²) in [6, 6.07) is 7.74. The molecule has 2 rings (SSSR count). The van der Waals surface area contributed by atoms with Crippen LogP contribution in [0.4, 0.5) is 17.5 Å². The normalized spacial score (nSPS) is 10.2. The summed E-state index contributed by atoms with van der Waals surface area (Å²) in [6.45, 7) is 5.00. The van der Waals surface area contributed by atoms with E-state index in [1.54, 1.807) is 13.3 Å². The fourth-order valence-corrected chi connectivity index (χ4v) is 1.79. The summed E-state index contributed by atoms with van der Waals surface area (Å²) in [6.07, 6.45) is 2.78.